The van der Waals surface area contributed by atoms with Gasteiger partial charge in [-0.3, -0.25) is 9.59 Å². The summed E-state index contributed by atoms with van der Waals surface area (Å²) in [5, 5.41) is 2.91. The Labute approximate surface area is 191 Å². The maximum Gasteiger partial charge on any atom is 0.416 e. The molecule has 1 aromatic heterocycles. The Hall–Kier alpha value is -2.91. The predicted molar refractivity (Wildman–Crippen MR) is 116 cm³/mol. The molecule has 0 aliphatic rings. The molecule has 1 unspecified atom stereocenters. The molecule has 0 radical (unpaired) electrons. The molecule has 168 valence electrons. The Bertz CT molecular complexity index is 1220. The first-order chi connectivity index (χ1) is 15.1. The van der Waals surface area contributed by atoms with Crippen LogP contribution in [0.2, 0.25) is 5.02 Å². The topological polar surface area (TPSA) is 63.5 Å². The number of aryl methyl sites for hydroxylation is 1. The van der Waals surface area contributed by atoms with Gasteiger partial charge in [-0.25, -0.2) is 0 Å². The minimum absolute atomic E-state index is 0.0677. The maximum absolute atomic E-state index is 12.9. The lowest BCUT2D eigenvalue weighted by Gasteiger charge is -2.14. The number of halogens is 4. The predicted octanol–water partition coefficient (Wildman–Crippen LogP) is 5.15. The van der Waals surface area contributed by atoms with Crippen molar-refractivity contribution in [2.24, 2.45) is 4.99 Å². The lowest BCUT2D eigenvalue weighted by Crippen LogP contribution is -2.34. The van der Waals surface area contributed by atoms with Crippen molar-refractivity contribution in [2.45, 2.75) is 32.6 Å². The number of amides is 2. The van der Waals surface area contributed by atoms with Crippen LogP contribution >= 0.6 is 22.9 Å². The van der Waals surface area contributed by atoms with Gasteiger partial charge in [-0.15, -0.1) is 11.3 Å². The largest absolute Gasteiger partial charge is 0.416 e. The number of aromatic nitrogens is 1. The molecule has 1 heterocycles. The van der Waals surface area contributed by atoms with Crippen molar-refractivity contribution in [1.82, 2.24) is 9.88 Å². The van der Waals surface area contributed by atoms with Crippen LogP contribution in [0.1, 0.15) is 39.3 Å². The van der Waals surface area contributed by atoms with Gasteiger partial charge in [0.25, 0.3) is 5.91 Å². The fourth-order valence-corrected chi connectivity index (χ4v) is 4.05. The summed E-state index contributed by atoms with van der Waals surface area (Å²) in [6, 6.07) is 10.5. The fraction of sp³-hybridized carbons (Fsp3) is 0.227. The normalized spacial score (nSPS) is 13.1. The van der Waals surface area contributed by atoms with Crippen molar-refractivity contribution < 1.29 is 22.8 Å². The van der Waals surface area contributed by atoms with E-state index in [1.807, 2.05) is 6.92 Å². The summed E-state index contributed by atoms with van der Waals surface area (Å²) >= 11 is 7.30. The number of alkyl halides is 3. The first kappa shape index (κ1) is 23.7. The molecule has 0 bridgehead atoms. The molecule has 3 rings (SSSR count). The van der Waals surface area contributed by atoms with Crippen molar-refractivity contribution in [2.75, 3.05) is 0 Å². The van der Waals surface area contributed by atoms with Gasteiger partial charge in [0.2, 0.25) is 5.91 Å². The highest BCUT2D eigenvalue weighted by molar-refractivity contribution is 7.09. The van der Waals surface area contributed by atoms with E-state index in [-0.39, 0.29) is 17.1 Å². The Morgan fingerprint density at radius 3 is 2.59 bits per heavy atom. The molecule has 0 spiro atoms. The average Bonchev–Trinajstić information content (AvgIpc) is 3.11. The molecular formula is C22H19ClF3N3O2S. The molecule has 10 heteroatoms. The van der Waals surface area contributed by atoms with Crippen LogP contribution in [-0.2, 0) is 17.5 Å². The van der Waals surface area contributed by atoms with Crippen LogP contribution in [0.25, 0.3) is 0 Å². The summed E-state index contributed by atoms with van der Waals surface area (Å²) in [4.78, 5) is 30.5. The summed E-state index contributed by atoms with van der Waals surface area (Å²) in [5.41, 5.74) is -0.210. The van der Waals surface area contributed by atoms with E-state index in [9.17, 15) is 22.8 Å². The second kappa shape index (κ2) is 9.70. The second-order valence-corrected chi connectivity index (χ2v) is 8.64. The van der Waals surface area contributed by atoms with Crippen molar-refractivity contribution in [3.05, 3.63) is 86.1 Å². The highest BCUT2D eigenvalue weighted by Crippen LogP contribution is 2.29. The van der Waals surface area contributed by atoms with Crippen LogP contribution in [0.15, 0.2) is 59.7 Å². The zero-order valence-electron chi connectivity index (χ0n) is 17.1. The van der Waals surface area contributed by atoms with E-state index in [1.165, 1.54) is 23.5 Å². The minimum Gasteiger partial charge on any atom is -0.350 e. The van der Waals surface area contributed by atoms with Crippen LogP contribution in [0.4, 0.5) is 13.2 Å². The van der Waals surface area contributed by atoms with Gasteiger partial charge in [-0.05, 0) is 43.7 Å². The molecule has 1 atom stereocenters. The molecule has 32 heavy (non-hydrogen) atoms. The van der Waals surface area contributed by atoms with Gasteiger partial charge < -0.3 is 9.88 Å². The summed E-state index contributed by atoms with van der Waals surface area (Å²) in [6.07, 6.45) is -2.76. The van der Waals surface area contributed by atoms with E-state index in [0.29, 0.717) is 10.4 Å². The second-order valence-electron chi connectivity index (χ2n) is 7.02. The number of benzene rings is 2. The number of hydrogen-bond acceptors (Lipinski definition) is 3. The third-order valence-electron chi connectivity index (χ3n) is 4.61. The van der Waals surface area contributed by atoms with Crippen molar-refractivity contribution in [3.8, 4) is 0 Å². The van der Waals surface area contributed by atoms with Gasteiger partial charge in [-0.1, -0.05) is 35.9 Å². The highest BCUT2D eigenvalue weighted by atomic mass is 35.5. The molecule has 0 aliphatic heterocycles. The summed E-state index contributed by atoms with van der Waals surface area (Å²) < 4.78 is 40.2. The fourth-order valence-electron chi connectivity index (χ4n) is 2.93. The van der Waals surface area contributed by atoms with Gasteiger partial charge in [-0.2, -0.15) is 18.2 Å². The number of nitrogens with zero attached hydrogens (tertiary/aromatic N) is 2. The quantitative estimate of drug-likeness (QED) is 0.548. The van der Waals surface area contributed by atoms with Crippen LogP contribution in [0, 0.1) is 6.92 Å². The number of carbonyl (C=O) groups excluding carboxylic acids is 2. The van der Waals surface area contributed by atoms with Crippen molar-refractivity contribution >= 4 is 34.8 Å². The number of thiazole rings is 1. The van der Waals surface area contributed by atoms with E-state index in [0.717, 1.165) is 17.0 Å². The summed E-state index contributed by atoms with van der Waals surface area (Å²) in [5.74, 6) is -0.963. The van der Waals surface area contributed by atoms with Crippen LogP contribution in [-0.4, -0.2) is 16.4 Å². The average molecular weight is 482 g/mol. The molecule has 2 amide bonds. The molecule has 0 fully saturated rings. The third-order valence-corrected chi connectivity index (χ3v) is 5.85. The third kappa shape index (κ3) is 5.66. The molecule has 5 nitrogen and oxygen atoms in total. The zero-order chi connectivity index (χ0) is 23.5. The lowest BCUT2D eigenvalue weighted by atomic mass is 10.1. The Balaban J connectivity index is 1.78. The molecule has 0 saturated heterocycles. The molecule has 3 aromatic rings. The van der Waals surface area contributed by atoms with Crippen LogP contribution < -0.4 is 10.1 Å². The molecule has 1 N–H and O–H groups in total. The van der Waals surface area contributed by atoms with Gasteiger partial charge in [0.15, 0.2) is 4.80 Å². The Morgan fingerprint density at radius 2 is 1.91 bits per heavy atom. The van der Waals surface area contributed by atoms with Crippen LogP contribution in [0.5, 0.6) is 0 Å². The molecule has 0 aliphatic carbocycles. The summed E-state index contributed by atoms with van der Waals surface area (Å²) in [6.45, 7) is 3.36. The zero-order valence-corrected chi connectivity index (χ0v) is 18.7. The molecular weight excluding hydrogens is 463 g/mol. The monoisotopic (exact) mass is 481 g/mol. The van der Waals surface area contributed by atoms with E-state index >= 15 is 0 Å². The van der Waals surface area contributed by atoms with E-state index in [2.05, 4.69) is 10.3 Å². The van der Waals surface area contributed by atoms with Crippen molar-refractivity contribution in [1.29, 1.82) is 0 Å². The first-order valence-corrected chi connectivity index (χ1v) is 10.7. The Morgan fingerprint density at radius 1 is 1.19 bits per heavy atom. The Kier molecular flexibility index (Phi) is 7.20. The SMILES string of the molecule is Cc1cn(C(C)C(=O)NCc2cccc(C(F)(F)F)c2)c(=NC(=O)c2ccccc2Cl)s1. The number of carbonyl (C=O) groups is 2. The van der Waals surface area contributed by atoms with Gasteiger partial charge in [0, 0.05) is 17.6 Å². The number of nitrogens with one attached hydrogen (secondary N) is 1. The number of hydrogen-bond donors (Lipinski definition) is 1. The minimum atomic E-state index is -4.46. The van der Waals surface area contributed by atoms with Crippen molar-refractivity contribution in [3.63, 3.8) is 0 Å². The van der Waals surface area contributed by atoms with Gasteiger partial charge in [0.05, 0.1) is 16.1 Å². The van der Waals surface area contributed by atoms with E-state index < -0.39 is 29.6 Å². The standard InChI is InChI=1S/C22H19ClF3N3O2S/c1-13-12-29(21(32-13)28-20(31)17-8-3-4-9-18(17)23)14(2)19(30)27-11-15-6-5-7-16(10-15)22(24,25)26/h3-10,12,14H,11H2,1-2H3,(H,27,30). The first-order valence-electron chi connectivity index (χ1n) is 9.52. The van der Waals surface area contributed by atoms with Gasteiger partial charge >= 0.3 is 6.18 Å². The molecule has 2 aromatic carbocycles. The smallest absolute Gasteiger partial charge is 0.350 e. The van der Waals surface area contributed by atoms with E-state index in [4.69, 9.17) is 11.6 Å². The van der Waals surface area contributed by atoms with Gasteiger partial charge in [0.1, 0.15) is 6.04 Å². The van der Waals surface area contributed by atoms with Crippen LogP contribution in [0.3, 0.4) is 0 Å². The van der Waals surface area contributed by atoms with E-state index in [1.54, 1.807) is 42.0 Å². The highest BCUT2D eigenvalue weighted by Gasteiger charge is 2.30. The lowest BCUT2D eigenvalue weighted by molar-refractivity contribution is -0.137. The molecule has 0 saturated carbocycles. The summed E-state index contributed by atoms with van der Waals surface area (Å²) in [7, 11) is 0. The number of rotatable bonds is 5. The maximum atomic E-state index is 12.9.